The quantitative estimate of drug-likeness (QED) is 0.631. The average molecular weight is 436 g/mol. The number of pyridine rings is 1. The smallest absolute Gasteiger partial charge is 0.230 e. The van der Waals surface area contributed by atoms with Crippen molar-refractivity contribution in [3.05, 3.63) is 66.1 Å². The highest BCUT2D eigenvalue weighted by Crippen LogP contribution is 2.24. The van der Waals surface area contributed by atoms with E-state index in [-0.39, 0.29) is 30.0 Å². The minimum atomic E-state index is -0.384. The molecule has 4 rings (SSSR count). The predicted molar refractivity (Wildman–Crippen MR) is 117 cm³/mol. The van der Waals surface area contributed by atoms with E-state index in [1.807, 2.05) is 19.1 Å². The van der Waals surface area contributed by atoms with Crippen LogP contribution in [0.4, 0.5) is 10.2 Å². The fraction of sp³-hybridized carbons (Fsp3) is 0.333. The normalized spacial score (nSPS) is 16.1. The number of aromatic nitrogens is 2. The highest BCUT2D eigenvalue weighted by atomic mass is 19.1. The van der Waals surface area contributed by atoms with Gasteiger partial charge in [-0.1, -0.05) is 18.2 Å². The minimum absolute atomic E-state index is 0.0539. The number of hydrogen-bond acceptors (Lipinski definition) is 5. The maximum absolute atomic E-state index is 13.9. The summed E-state index contributed by atoms with van der Waals surface area (Å²) in [6, 6.07) is 11.8. The summed E-state index contributed by atoms with van der Waals surface area (Å²) in [4.78, 5) is 35.6. The molecular formula is C24H25FN4O3. The van der Waals surface area contributed by atoms with Crippen LogP contribution in [0.1, 0.15) is 30.8 Å². The number of benzene rings is 1. The Morgan fingerprint density at radius 3 is 2.88 bits per heavy atom. The van der Waals surface area contributed by atoms with Crippen molar-refractivity contribution in [1.29, 1.82) is 0 Å². The number of carbonyl (C=O) groups excluding carboxylic acids is 2. The molecule has 7 nitrogen and oxygen atoms in total. The van der Waals surface area contributed by atoms with E-state index in [0.717, 1.165) is 18.5 Å². The topological polar surface area (TPSA) is 88.3 Å². The molecule has 1 aliphatic rings. The van der Waals surface area contributed by atoms with E-state index in [1.54, 1.807) is 29.2 Å². The first-order chi connectivity index (χ1) is 15.5. The summed E-state index contributed by atoms with van der Waals surface area (Å²) in [7, 11) is 0. The molecule has 1 unspecified atom stereocenters. The predicted octanol–water partition coefficient (Wildman–Crippen LogP) is 3.99. The molecule has 1 fully saturated rings. The Hall–Kier alpha value is -3.55. The lowest BCUT2D eigenvalue weighted by Crippen LogP contribution is -2.43. The first kappa shape index (κ1) is 21.7. The maximum atomic E-state index is 13.9. The molecule has 1 aromatic carbocycles. The van der Waals surface area contributed by atoms with Crippen LogP contribution in [-0.4, -0.2) is 39.8 Å². The SMILES string of the molecule is Cc1cccc(NC(=O)C2CCCN(C(=O)CCc3ncc(-c4ccccc4F)o3)C2)n1. The maximum Gasteiger partial charge on any atom is 0.230 e. The largest absolute Gasteiger partial charge is 0.441 e. The molecule has 0 spiro atoms. The fourth-order valence-corrected chi connectivity index (χ4v) is 3.84. The van der Waals surface area contributed by atoms with Crippen LogP contribution in [-0.2, 0) is 16.0 Å². The number of nitrogens with zero attached hydrogens (tertiary/aromatic N) is 3. The molecule has 3 aromatic rings. The number of likely N-dealkylation sites (tertiary alicyclic amines) is 1. The zero-order chi connectivity index (χ0) is 22.5. The van der Waals surface area contributed by atoms with Crippen molar-refractivity contribution in [1.82, 2.24) is 14.9 Å². The number of piperidine rings is 1. The van der Waals surface area contributed by atoms with Crippen molar-refractivity contribution in [2.45, 2.75) is 32.6 Å². The standard InChI is InChI=1S/C24H25FN4O3/c1-16-6-4-10-21(27-16)28-24(31)17-7-5-13-29(15-17)23(30)12-11-22-26-14-20(32-22)18-8-2-3-9-19(18)25/h2-4,6,8-10,14,17H,5,7,11-13,15H2,1H3,(H,27,28,31). The van der Waals surface area contributed by atoms with Crippen molar-refractivity contribution in [3.63, 3.8) is 0 Å². The Labute approximate surface area is 185 Å². The van der Waals surface area contributed by atoms with Gasteiger partial charge in [-0.25, -0.2) is 14.4 Å². The van der Waals surface area contributed by atoms with E-state index in [1.165, 1.54) is 12.3 Å². The number of amides is 2. The zero-order valence-electron chi connectivity index (χ0n) is 17.9. The van der Waals surface area contributed by atoms with Gasteiger partial charge >= 0.3 is 0 Å². The average Bonchev–Trinajstić information content (AvgIpc) is 3.26. The Morgan fingerprint density at radius 1 is 1.22 bits per heavy atom. The third-order valence-electron chi connectivity index (χ3n) is 5.53. The summed E-state index contributed by atoms with van der Waals surface area (Å²) >= 11 is 0. The molecular weight excluding hydrogens is 411 g/mol. The summed E-state index contributed by atoms with van der Waals surface area (Å²) in [5.74, 6) is 0.408. The number of carbonyl (C=O) groups is 2. The van der Waals surface area contributed by atoms with Crippen LogP contribution >= 0.6 is 0 Å². The third-order valence-corrected chi connectivity index (χ3v) is 5.53. The van der Waals surface area contributed by atoms with E-state index in [4.69, 9.17) is 4.42 Å². The summed E-state index contributed by atoms with van der Waals surface area (Å²) in [6.07, 6.45) is 3.49. The van der Waals surface area contributed by atoms with Crippen molar-refractivity contribution in [2.75, 3.05) is 18.4 Å². The Bertz CT molecular complexity index is 1110. The van der Waals surface area contributed by atoms with Crippen LogP contribution in [0, 0.1) is 18.7 Å². The second-order valence-corrected chi connectivity index (χ2v) is 7.93. The van der Waals surface area contributed by atoms with Gasteiger partial charge in [-0.15, -0.1) is 0 Å². The Morgan fingerprint density at radius 2 is 2.06 bits per heavy atom. The zero-order valence-corrected chi connectivity index (χ0v) is 17.9. The van der Waals surface area contributed by atoms with Crippen LogP contribution in [0.25, 0.3) is 11.3 Å². The summed E-state index contributed by atoms with van der Waals surface area (Å²) < 4.78 is 19.5. The van der Waals surface area contributed by atoms with E-state index >= 15 is 0 Å². The third kappa shape index (κ3) is 5.19. The molecule has 1 saturated heterocycles. The van der Waals surface area contributed by atoms with Gasteiger partial charge < -0.3 is 14.6 Å². The van der Waals surface area contributed by atoms with Crippen LogP contribution in [0.5, 0.6) is 0 Å². The van der Waals surface area contributed by atoms with Gasteiger partial charge in [-0.2, -0.15) is 0 Å². The molecule has 0 aliphatic carbocycles. The number of nitrogens with one attached hydrogen (secondary N) is 1. The lowest BCUT2D eigenvalue weighted by Gasteiger charge is -2.32. The highest BCUT2D eigenvalue weighted by molar-refractivity contribution is 5.92. The lowest BCUT2D eigenvalue weighted by molar-refractivity contribution is -0.134. The summed E-state index contributed by atoms with van der Waals surface area (Å²) in [5.41, 5.74) is 1.17. The number of anilines is 1. The van der Waals surface area contributed by atoms with E-state index in [9.17, 15) is 14.0 Å². The lowest BCUT2D eigenvalue weighted by atomic mass is 9.96. The monoisotopic (exact) mass is 436 g/mol. The van der Waals surface area contributed by atoms with Gasteiger partial charge in [0.15, 0.2) is 11.7 Å². The molecule has 32 heavy (non-hydrogen) atoms. The van der Waals surface area contributed by atoms with Gasteiger partial charge in [0.05, 0.1) is 17.7 Å². The van der Waals surface area contributed by atoms with E-state index in [0.29, 0.717) is 42.5 Å². The fourth-order valence-electron chi connectivity index (χ4n) is 3.84. The Balaban J connectivity index is 1.31. The molecule has 0 bridgehead atoms. The van der Waals surface area contributed by atoms with Gasteiger partial charge in [-0.3, -0.25) is 9.59 Å². The van der Waals surface area contributed by atoms with Crippen molar-refractivity contribution < 1.29 is 18.4 Å². The number of oxazole rings is 1. The molecule has 166 valence electrons. The van der Waals surface area contributed by atoms with Crippen molar-refractivity contribution in [3.8, 4) is 11.3 Å². The molecule has 2 amide bonds. The molecule has 1 N–H and O–H groups in total. The minimum Gasteiger partial charge on any atom is -0.441 e. The van der Waals surface area contributed by atoms with Crippen LogP contribution in [0.2, 0.25) is 0 Å². The molecule has 1 atom stereocenters. The van der Waals surface area contributed by atoms with Gasteiger partial charge in [-0.05, 0) is 44.0 Å². The molecule has 2 aromatic heterocycles. The number of aryl methyl sites for hydroxylation is 2. The summed E-state index contributed by atoms with van der Waals surface area (Å²) in [6.45, 7) is 2.86. The molecule has 0 saturated carbocycles. The first-order valence-electron chi connectivity index (χ1n) is 10.7. The van der Waals surface area contributed by atoms with E-state index < -0.39 is 0 Å². The summed E-state index contributed by atoms with van der Waals surface area (Å²) in [5, 5.41) is 2.85. The molecule has 3 heterocycles. The number of rotatable bonds is 6. The second-order valence-electron chi connectivity index (χ2n) is 7.93. The van der Waals surface area contributed by atoms with Crippen LogP contribution in [0.15, 0.2) is 53.1 Å². The van der Waals surface area contributed by atoms with Gasteiger partial charge in [0.1, 0.15) is 11.6 Å². The van der Waals surface area contributed by atoms with Crippen molar-refractivity contribution in [2.24, 2.45) is 5.92 Å². The molecule has 8 heteroatoms. The van der Waals surface area contributed by atoms with Crippen LogP contribution < -0.4 is 5.32 Å². The number of halogens is 1. The van der Waals surface area contributed by atoms with Gasteiger partial charge in [0.2, 0.25) is 11.8 Å². The highest BCUT2D eigenvalue weighted by Gasteiger charge is 2.28. The Kier molecular flexibility index (Phi) is 6.58. The van der Waals surface area contributed by atoms with Gasteiger partial charge in [0, 0.05) is 31.6 Å². The van der Waals surface area contributed by atoms with E-state index in [2.05, 4.69) is 15.3 Å². The molecule has 0 radical (unpaired) electrons. The van der Waals surface area contributed by atoms with Crippen LogP contribution in [0.3, 0.4) is 0 Å². The van der Waals surface area contributed by atoms with Gasteiger partial charge in [0.25, 0.3) is 0 Å². The molecule has 1 aliphatic heterocycles. The number of hydrogen-bond donors (Lipinski definition) is 1. The second kappa shape index (κ2) is 9.72. The van der Waals surface area contributed by atoms with Crippen molar-refractivity contribution >= 4 is 17.6 Å². The first-order valence-corrected chi connectivity index (χ1v) is 10.7.